The van der Waals surface area contributed by atoms with Gasteiger partial charge in [-0.15, -0.1) is 21.5 Å². The van der Waals surface area contributed by atoms with Gasteiger partial charge in [-0.25, -0.2) is 9.78 Å². The van der Waals surface area contributed by atoms with Crippen LogP contribution in [0.2, 0.25) is 0 Å². The monoisotopic (exact) mass is 418 g/mol. The van der Waals surface area contributed by atoms with E-state index >= 15 is 0 Å². The fraction of sp³-hybridized carbons (Fsp3) is 0.100. The van der Waals surface area contributed by atoms with Gasteiger partial charge in [0.25, 0.3) is 0 Å². The molecule has 148 valence electrons. The number of hydrogen-bond acceptors (Lipinski definition) is 8. The molecule has 2 aromatic heterocycles. The van der Waals surface area contributed by atoms with E-state index in [1.165, 1.54) is 4.80 Å². The highest BCUT2D eigenvalue weighted by atomic mass is 32.1. The zero-order chi connectivity index (χ0) is 21.3. The Labute approximate surface area is 174 Å². The maximum Gasteiger partial charge on any atom is 0.347 e. The molecule has 0 aliphatic rings. The molecule has 4 rings (SSSR count). The lowest BCUT2D eigenvalue weighted by Gasteiger charge is -2.11. The third kappa shape index (κ3) is 3.61. The number of nitriles is 1. The van der Waals surface area contributed by atoms with Crippen molar-refractivity contribution >= 4 is 17.3 Å². The van der Waals surface area contributed by atoms with Crippen molar-refractivity contribution in [3.63, 3.8) is 0 Å². The van der Waals surface area contributed by atoms with Crippen LogP contribution >= 0.6 is 11.3 Å². The molecule has 0 atom stereocenters. The largest absolute Gasteiger partial charge is 0.477 e. The van der Waals surface area contributed by atoms with Crippen LogP contribution in [0, 0.1) is 18.3 Å². The number of carboxylic acids is 1. The molecule has 2 aromatic carbocycles. The molecule has 0 radical (unpaired) electrons. The van der Waals surface area contributed by atoms with Crippen LogP contribution < -0.4 is 4.74 Å². The lowest BCUT2D eigenvalue weighted by molar-refractivity contribution is 0.0701. The zero-order valence-corrected chi connectivity index (χ0v) is 16.7. The highest BCUT2D eigenvalue weighted by molar-refractivity contribution is 7.17. The molecular weight excluding hydrogens is 404 g/mol. The smallest absolute Gasteiger partial charge is 0.347 e. The number of carboxylic acid groups (broad SMARTS) is 1. The first-order valence-electron chi connectivity index (χ1n) is 8.72. The van der Waals surface area contributed by atoms with Crippen LogP contribution in [0.3, 0.4) is 0 Å². The summed E-state index contributed by atoms with van der Waals surface area (Å²) in [7, 11) is 1.65. The van der Waals surface area contributed by atoms with Crippen molar-refractivity contribution in [3.05, 3.63) is 58.6 Å². The Morgan fingerprint density at radius 1 is 1.23 bits per heavy atom. The lowest BCUT2D eigenvalue weighted by atomic mass is 10.1. The minimum atomic E-state index is -1.01. The van der Waals surface area contributed by atoms with E-state index in [1.54, 1.807) is 56.4 Å². The second-order valence-corrected chi connectivity index (χ2v) is 7.26. The SMILES string of the molecule is Cc1nc(-c2ccc(Oc3ccccc3C#N)c(-c3nnn(C)n3)c2)sc1C(=O)O. The molecule has 0 amide bonds. The molecule has 2 heterocycles. The highest BCUT2D eigenvalue weighted by Crippen LogP contribution is 2.37. The van der Waals surface area contributed by atoms with Crippen molar-refractivity contribution in [2.45, 2.75) is 6.92 Å². The van der Waals surface area contributed by atoms with Crippen molar-refractivity contribution in [2.75, 3.05) is 0 Å². The van der Waals surface area contributed by atoms with Crippen molar-refractivity contribution in [1.29, 1.82) is 5.26 Å². The summed E-state index contributed by atoms with van der Waals surface area (Å²) in [5.41, 5.74) is 2.07. The Morgan fingerprint density at radius 3 is 2.70 bits per heavy atom. The van der Waals surface area contributed by atoms with Gasteiger partial charge in [-0.2, -0.15) is 10.1 Å². The molecule has 0 saturated heterocycles. The Hall–Kier alpha value is -4.10. The van der Waals surface area contributed by atoms with E-state index in [0.29, 0.717) is 44.7 Å². The van der Waals surface area contributed by atoms with Gasteiger partial charge in [0.15, 0.2) is 0 Å². The van der Waals surface area contributed by atoms with Gasteiger partial charge in [-0.3, -0.25) is 0 Å². The van der Waals surface area contributed by atoms with Gasteiger partial charge in [-0.05, 0) is 42.5 Å². The predicted molar refractivity (Wildman–Crippen MR) is 108 cm³/mol. The number of carbonyl (C=O) groups is 1. The summed E-state index contributed by atoms with van der Waals surface area (Å²) in [6, 6.07) is 14.2. The van der Waals surface area contributed by atoms with Crippen molar-refractivity contribution in [1.82, 2.24) is 25.2 Å². The van der Waals surface area contributed by atoms with Crippen molar-refractivity contribution in [2.24, 2.45) is 7.05 Å². The standard InChI is InChI=1S/C20H14N6O3S/c1-11-17(20(27)28)30-19(22-11)12-7-8-16(14(9-12)18-23-25-26(2)24-18)29-15-6-4-3-5-13(15)10-21/h3-9H,1-2H3,(H,27,28). The second-order valence-electron chi connectivity index (χ2n) is 6.26. The molecule has 0 spiro atoms. The Bertz CT molecular complexity index is 1300. The maximum absolute atomic E-state index is 11.4. The normalized spacial score (nSPS) is 10.6. The Kier molecular flexibility index (Phi) is 4.95. The van der Waals surface area contributed by atoms with Gasteiger partial charge >= 0.3 is 5.97 Å². The number of thiazole rings is 1. The summed E-state index contributed by atoms with van der Waals surface area (Å²) >= 11 is 1.09. The first kappa shape index (κ1) is 19.2. The number of nitrogens with zero attached hydrogens (tertiary/aromatic N) is 6. The van der Waals surface area contributed by atoms with E-state index in [9.17, 15) is 15.2 Å². The molecule has 0 aliphatic heterocycles. The molecule has 0 aliphatic carbocycles. The fourth-order valence-corrected chi connectivity index (χ4v) is 3.70. The lowest BCUT2D eigenvalue weighted by Crippen LogP contribution is -1.94. The number of ether oxygens (including phenoxy) is 1. The molecule has 0 unspecified atom stereocenters. The number of benzene rings is 2. The topological polar surface area (TPSA) is 127 Å². The van der Waals surface area contributed by atoms with Crippen LogP contribution in [0.15, 0.2) is 42.5 Å². The van der Waals surface area contributed by atoms with Crippen molar-refractivity contribution in [3.8, 4) is 39.5 Å². The molecule has 4 aromatic rings. The molecule has 30 heavy (non-hydrogen) atoms. The molecule has 10 heteroatoms. The van der Waals surface area contributed by atoms with Crippen LogP contribution in [0.4, 0.5) is 0 Å². The van der Waals surface area contributed by atoms with Gasteiger partial charge in [-0.1, -0.05) is 12.1 Å². The van der Waals surface area contributed by atoms with Crippen LogP contribution in [0.1, 0.15) is 20.9 Å². The first-order valence-corrected chi connectivity index (χ1v) is 9.54. The number of aryl methyl sites for hydroxylation is 2. The minimum absolute atomic E-state index is 0.187. The van der Waals surface area contributed by atoms with Crippen LogP contribution in [-0.2, 0) is 7.05 Å². The molecule has 0 saturated carbocycles. The second kappa shape index (κ2) is 7.73. The van der Waals surface area contributed by atoms with E-state index in [-0.39, 0.29) is 4.88 Å². The van der Waals surface area contributed by atoms with Crippen LogP contribution in [-0.4, -0.2) is 36.3 Å². The van der Waals surface area contributed by atoms with Gasteiger partial charge in [0.1, 0.15) is 27.5 Å². The van der Waals surface area contributed by atoms with Gasteiger partial charge in [0.2, 0.25) is 5.82 Å². The highest BCUT2D eigenvalue weighted by Gasteiger charge is 2.19. The Balaban J connectivity index is 1.82. The quantitative estimate of drug-likeness (QED) is 0.520. The summed E-state index contributed by atoms with van der Waals surface area (Å²) in [5.74, 6) is 0.146. The third-order valence-corrected chi connectivity index (χ3v) is 5.39. The van der Waals surface area contributed by atoms with E-state index in [0.717, 1.165) is 11.3 Å². The average molecular weight is 418 g/mol. The third-order valence-electron chi connectivity index (χ3n) is 4.19. The predicted octanol–water partition coefficient (Wildman–Crippen LogP) is 3.67. The number of hydrogen-bond donors (Lipinski definition) is 1. The average Bonchev–Trinajstić information content (AvgIpc) is 3.34. The summed E-state index contributed by atoms with van der Waals surface area (Å²) in [4.78, 5) is 17.3. The van der Waals surface area contributed by atoms with Crippen molar-refractivity contribution < 1.29 is 14.6 Å². The number of aromatic carboxylic acids is 1. The molecule has 9 nitrogen and oxygen atoms in total. The van der Waals surface area contributed by atoms with E-state index in [2.05, 4.69) is 26.5 Å². The number of para-hydroxylation sites is 1. The van der Waals surface area contributed by atoms with Gasteiger partial charge < -0.3 is 9.84 Å². The first-order chi connectivity index (χ1) is 14.5. The summed E-state index contributed by atoms with van der Waals surface area (Å²) in [6.45, 7) is 1.66. The van der Waals surface area contributed by atoms with Gasteiger partial charge in [0.05, 0.1) is 23.9 Å². The number of rotatable bonds is 5. The summed E-state index contributed by atoms with van der Waals surface area (Å²) < 4.78 is 6.00. The fourth-order valence-electron chi connectivity index (χ4n) is 2.80. The molecule has 0 fully saturated rings. The summed E-state index contributed by atoms with van der Waals surface area (Å²) in [5, 5.41) is 31.4. The number of tetrazole rings is 1. The van der Waals surface area contributed by atoms with E-state index in [1.807, 2.05) is 0 Å². The zero-order valence-electron chi connectivity index (χ0n) is 15.9. The van der Waals surface area contributed by atoms with E-state index in [4.69, 9.17) is 4.74 Å². The molecular formula is C20H14N6O3S. The maximum atomic E-state index is 11.4. The summed E-state index contributed by atoms with van der Waals surface area (Å²) in [6.07, 6.45) is 0. The van der Waals surface area contributed by atoms with Crippen LogP contribution in [0.5, 0.6) is 11.5 Å². The van der Waals surface area contributed by atoms with Crippen LogP contribution in [0.25, 0.3) is 22.0 Å². The Morgan fingerprint density at radius 2 is 2.03 bits per heavy atom. The van der Waals surface area contributed by atoms with Gasteiger partial charge in [0, 0.05) is 5.56 Å². The minimum Gasteiger partial charge on any atom is -0.477 e. The molecule has 1 N–H and O–H groups in total. The number of aromatic nitrogens is 5. The molecule has 0 bridgehead atoms. The van der Waals surface area contributed by atoms with E-state index < -0.39 is 5.97 Å².